The largest absolute Gasteiger partial charge is 0.310 e. The topological polar surface area (TPSA) is 12.0 Å². The van der Waals surface area contributed by atoms with E-state index >= 15 is 0 Å². The summed E-state index contributed by atoms with van der Waals surface area (Å²) in [7, 11) is 0. The van der Waals surface area contributed by atoms with Crippen LogP contribution in [0.15, 0.2) is 24.3 Å². The molecule has 1 aliphatic heterocycles. The van der Waals surface area contributed by atoms with E-state index in [9.17, 15) is 8.78 Å². The van der Waals surface area contributed by atoms with Crippen molar-refractivity contribution in [3.63, 3.8) is 0 Å². The first-order valence-electron chi connectivity index (χ1n) is 6.01. The Morgan fingerprint density at radius 1 is 1.24 bits per heavy atom. The van der Waals surface area contributed by atoms with Gasteiger partial charge < -0.3 is 5.32 Å². The van der Waals surface area contributed by atoms with Crippen LogP contribution in [0.1, 0.15) is 25.3 Å². The molecule has 92 valence electrons. The van der Waals surface area contributed by atoms with Gasteiger partial charge in [-0.05, 0) is 43.0 Å². The quantitative estimate of drug-likeness (QED) is 0.831. The van der Waals surface area contributed by atoms with E-state index in [1.165, 1.54) is 18.6 Å². The third-order valence-corrected chi connectivity index (χ3v) is 3.11. The Bertz CT molecular complexity index is 394. The minimum Gasteiger partial charge on any atom is -0.310 e. The van der Waals surface area contributed by atoms with Gasteiger partial charge in [-0.15, -0.1) is 0 Å². The Labute approximate surface area is 101 Å². The molecular formula is C14H17F2N. The Kier molecular flexibility index (Phi) is 3.89. The molecule has 2 atom stereocenters. The van der Waals surface area contributed by atoms with Crippen LogP contribution in [0.5, 0.6) is 0 Å². The Hall–Kier alpha value is -1.22. The molecule has 0 bridgehead atoms. The zero-order valence-electron chi connectivity index (χ0n) is 9.92. The molecule has 1 fully saturated rings. The van der Waals surface area contributed by atoms with E-state index in [4.69, 9.17) is 0 Å². The molecule has 17 heavy (non-hydrogen) atoms. The second-order valence-corrected chi connectivity index (χ2v) is 4.75. The van der Waals surface area contributed by atoms with Crippen LogP contribution in [0.3, 0.4) is 0 Å². The summed E-state index contributed by atoms with van der Waals surface area (Å²) in [6, 6.07) is 3.88. The first-order valence-corrected chi connectivity index (χ1v) is 6.01. The van der Waals surface area contributed by atoms with Crippen molar-refractivity contribution in [2.24, 2.45) is 5.92 Å². The molecule has 0 aromatic heterocycles. The Morgan fingerprint density at radius 2 is 1.94 bits per heavy atom. The van der Waals surface area contributed by atoms with Gasteiger partial charge >= 0.3 is 0 Å². The van der Waals surface area contributed by atoms with Crippen LogP contribution in [0, 0.1) is 17.6 Å². The third-order valence-electron chi connectivity index (χ3n) is 3.11. The predicted octanol–water partition coefficient (Wildman–Crippen LogP) is 3.37. The summed E-state index contributed by atoms with van der Waals surface area (Å²) in [5, 5.41) is 3.37. The molecule has 1 saturated heterocycles. The van der Waals surface area contributed by atoms with Gasteiger partial charge in [-0.25, -0.2) is 8.78 Å². The smallest absolute Gasteiger partial charge is 0.126 e. The first kappa shape index (κ1) is 12.2. The van der Waals surface area contributed by atoms with Crippen LogP contribution in [0.4, 0.5) is 8.78 Å². The van der Waals surface area contributed by atoms with Gasteiger partial charge in [-0.3, -0.25) is 0 Å². The fourth-order valence-corrected chi connectivity index (χ4v) is 2.20. The van der Waals surface area contributed by atoms with Gasteiger partial charge in [0.1, 0.15) is 11.6 Å². The highest BCUT2D eigenvalue weighted by atomic mass is 19.1. The van der Waals surface area contributed by atoms with E-state index in [2.05, 4.69) is 12.2 Å². The lowest BCUT2D eigenvalue weighted by Crippen LogP contribution is -2.35. The van der Waals surface area contributed by atoms with Gasteiger partial charge in [0.2, 0.25) is 0 Å². The molecule has 0 saturated carbocycles. The number of rotatable bonds is 2. The highest BCUT2D eigenvalue weighted by molar-refractivity contribution is 5.50. The van der Waals surface area contributed by atoms with E-state index in [-0.39, 0.29) is 0 Å². The molecule has 2 rings (SSSR count). The zero-order chi connectivity index (χ0) is 12.3. The van der Waals surface area contributed by atoms with E-state index in [1.54, 1.807) is 6.08 Å². The summed E-state index contributed by atoms with van der Waals surface area (Å²) < 4.78 is 25.9. The first-order chi connectivity index (χ1) is 8.13. The molecule has 1 nitrogen and oxygen atoms in total. The molecule has 0 aliphatic carbocycles. The standard InChI is InChI=1S/C14H17F2N/c1-10-4-5-17-14(6-10)3-2-11-7-12(15)9-13(16)8-11/h2-3,7-10,14,17H,4-6H2,1H3/b3-2+. The normalized spacial score (nSPS) is 25.4. The van der Waals surface area contributed by atoms with Crippen molar-refractivity contribution >= 4 is 6.08 Å². The third kappa shape index (κ3) is 3.63. The minimum absolute atomic E-state index is 0.310. The average molecular weight is 237 g/mol. The molecule has 0 spiro atoms. The van der Waals surface area contributed by atoms with E-state index in [0.717, 1.165) is 19.0 Å². The number of benzene rings is 1. The molecule has 1 heterocycles. The van der Waals surface area contributed by atoms with Gasteiger partial charge in [0.25, 0.3) is 0 Å². The molecular weight excluding hydrogens is 220 g/mol. The number of hydrogen-bond donors (Lipinski definition) is 1. The van der Waals surface area contributed by atoms with Crippen molar-refractivity contribution in [2.75, 3.05) is 6.54 Å². The van der Waals surface area contributed by atoms with Gasteiger partial charge in [0, 0.05) is 12.1 Å². The maximum Gasteiger partial charge on any atom is 0.126 e. The number of nitrogens with one attached hydrogen (secondary N) is 1. The highest BCUT2D eigenvalue weighted by Crippen LogP contribution is 2.17. The molecule has 2 unspecified atom stereocenters. The summed E-state index contributed by atoms with van der Waals surface area (Å²) in [4.78, 5) is 0. The van der Waals surface area contributed by atoms with E-state index < -0.39 is 11.6 Å². The Morgan fingerprint density at radius 3 is 2.59 bits per heavy atom. The van der Waals surface area contributed by atoms with Crippen LogP contribution >= 0.6 is 0 Å². The SMILES string of the molecule is CC1CCNC(/C=C/c2cc(F)cc(F)c2)C1. The molecule has 1 N–H and O–H groups in total. The number of hydrogen-bond acceptors (Lipinski definition) is 1. The van der Waals surface area contributed by atoms with Crippen LogP contribution in [0.2, 0.25) is 0 Å². The number of halogens is 2. The molecule has 0 amide bonds. The van der Waals surface area contributed by atoms with Crippen molar-refractivity contribution in [1.82, 2.24) is 5.32 Å². The van der Waals surface area contributed by atoms with Crippen molar-refractivity contribution in [2.45, 2.75) is 25.8 Å². The Balaban J connectivity index is 2.04. The maximum atomic E-state index is 13.0. The highest BCUT2D eigenvalue weighted by Gasteiger charge is 2.15. The van der Waals surface area contributed by atoms with Crippen LogP contribution in [-0.4, -0.2) is 12.6 Å². The fraction of sp³-hybridized carbons (Fsp3) is 0.429. The zero-order valence-corrected chi connectivity index (χ0v) is 9.92. The van der Waals surface area contributed by atoms with Crippen LogP contribution < -0.4 is 5.32 Å². The van der Waals surface area contributed by atoms with Crippen molar-refractivity contribution in [1.29, 1.82) is 0 Å². The summed E-state index contributed by atoms with van der Waals surface area (Å²) in [5.74, 6) is -0.362. The van der Waals surface area contributed by atoms with Gasteiger partial charge in [0.05, 0.1) is 0 Å². The predicted molar refractivity (Wildman–Crippen MR) is 65.6 cm³/mol. The maximum absolute atomic E-state index is 13.0. The van der Waals surface area contributed by atoms with E-state index in [0.29, 0.717) is 17.5 Å². The van der Waals surface area contributed by atoms with Crippen molar-refractivity contribution in [3.05, 3.63) is 41.5 Å². The van der Waals surface area contributed by atoms with Crippen LogP contribution in [0.25, 0.3) is 6.08 Å². The van der Waals surface area contributed by atoms with Gasteiger partial charge in [-0.1, -0.05) is 19.1 Å². The summed E-state index contributed by atoms with van der Waals surface area (Å²) in [6.07, 6.45) is 6.04. The van der Waals surface area contributed by atoms with Gasteiger partial charge in [-0.2, -0.15) is 0 Å². The summed E-state index contributed by atoms with van der Waals surface area (Å²) >= 11 is 0. The lowest BCUT2D eigenvalue weighted by atomic mass is 9.94. The molecule has 0 radical (unpaired) electrons. The van der Waals surface area contributed by atoms with Gasteiger partial charge in [0.15, 0.2) is 0 Å². The molecule has 1 aliphatic rings. The lowest BCUT2D eigenvalue weighted by Gasteiger charge is -2.25. The summed E-state index contributed by atoms with van der Waals surface area (Å²) in [6.45, 7) is 3.23. The molecule has 1 aromatic carbocycles. The average Bonchev–Trinajstić information content (AvgIpc) is 2.25. The molecule has 3 heteroatoms. The molecule has 1 aromatic rings. The second-order valence-electron chi connectivity index (χ2n) is 4.75. The van der Waals surface area contributed by atoms with Crippen molar-refractivity contribution < 1.29 is 8.78 Å². The second kappa shape index (κ2) is 5.41. The fourth-order valence-electron chi connectivity index (χ4n) is 2.20. The lowest BCUT2D eigenvalue weighted by molar-refractivity contribution is 0.357. The van der Waals surface area contributed by atoms with E-state index in [1.807, 2.05) is 6.08 Å². The van der Waals surface area contributed by atoms with Crippen molar-refractivity contribution in [3.8, 4) is 0 Å². The van der Waals surface area contributed by atoms with Crippen LogP contribution in [-0.2, 0) is 0 Å². The minimum atomic E-state index is -0.533. The summed E-state index contributed by atoms with van der Waals surface area (Å²) in [5.41, 5.74) is 0.572. The monoisotopic (exact) mass is 237 g/mol. The number of piperidine rings is 1.